The van der Waals surface area contributed by atoms with E-state index in [1.807, 2.05) is 36.4 Å². The summed E-state index contributed by atoms with van der Waals surface area (Å²) in [6, 6.07) is 28.2. The first-order valence-electron chi connectivity index (χ1n) is 12.3. The molecule has 0 saturated carbocycles. The van der Waals surface area contributed by atoms with E-state index < -0.39 is 11.2 Å². The number of hydrogen-bond acceptors (Lipinski definition) is 7. The Morgan fingerprint density at radius 1 is 0.725 bits per heavy atom. The third-order valence-corrected chi connectivity index (χ3v) is 7.17. The van der Waals surface area contributed by atoms with Crippen molar-refractivity contribution in [3.05, 3.63) is 114 Å². The molecule has 0 saturated heterocycles. The maximum Gasteiger partial charge on any atom is 0.339 e. The Hall–Kier alpha value is -4.76. The van der Waals surface area contributed by atoms with Gasteiger partial charge in [0.1, 0.15) is 5.25 Å². The van der Waals surface area contributed by atoms with Gasteiger partial charge in [-0.05, 0) is 54.1 Å². The fourth-order valence-electron chi connectivity index (χ4n) is 3.94. The Bertz CT molecular complexity index is 1510. The first kappa shape index (κ1) is 28.3. The molecule has 1 unspecified atom stereocenters. The highest BCUT2D eigenvalue weighted by Crippen LogP contribution is 2.37. The Kier molecular flexibility index (Phi) is 9.43. The third kappa shape index (κ3) is 6.81. The molecule has 9 heteroatoms. The monoisotopic (exact) mass is 556 g/mol. The van der Waals surface area contributed by atoms with E-state index in [2.05, 4.69) is 10.6 Å². The van der Waals surface area contributed by atoms with E-state index in [-0.39, 0.29) is 17.4 Å². The molecule has 0 radical (unpaired) electrons. The van der Waals surface area contributed by atoms with E-state index in [0.29, 0.717) is 28.4 Å². The zero-order valence-electron chi connectivity index (χ0n) is 22.2. The van der Waals surface area contributed by atoms with Crippen LogP contribution in [-0.2, 0) is 9.53 Å². The lowest BCUT2D eigenvalue weighted by Gasteiger charge is -2.18. The van der Waals surface area contributed by atoms with Crippen molar-refractivity contribution < 1.29 is 28.6 Å². The number of nitrogens with one attached hydrogen (secondary N) is 2. The van der Waals surface area contributed by atoms with Crippen molar-refractivity contribution in [3.63, 3.8) is 0 Å². The van der Waals surface area contributed by atoms with Crippen LogP contribution in [-0.4, -0.2) is 39.1 Å². The van der Waals surface area contributed by atoms with Crippen molar-refractivity contribution in [2.75, 3.05) is 32.0 Å². The van der Waals surface area contributed by atoms with Crippen molar-refractivity contribution in [2.24, 2.45) is 0 Å². The third-order valence-electron chi connectivity index (χ3n) is 5.92. The lowest BCUT2D eigenvalue weighted by molar-refractivity contribution is -0.115. The van der Waals surface area contributed by atoms with Crippen molar-refractivity contribution >= 4 is 40.9 Å². The molecule has 0 aliphatic heterocycles. The summed E-state index contributed by atoms with van der Waals surface area (Å²) in [5.74, 6) is -0.202. The normalized spacial score (nSPS) is 11.2. The number of esters is 1. The molecule has 0 bridgehead atoms. The second kappa shape index (κ2) is 13.3. The molecule has 204 valence electrons. The number of hydrogen-bond donors (Lipinski definition) is 2. The summed E-state index contributed by atoms with van der Waals surface area (Å²) < 4.78 is 15.4. The van der Waals surface area contributed by atoms with E-state index in [1.165, 1.54) is 33.1 Å². The molecule has 4 rings (SSSR count). The van der Waals surface area contributed by atoms with Gasteiger partial charge in [-0.3, -0.25) is 9.59 Å². The predicted octanol–water partition coefficient (Wildman–Crippen LogP) is 6.21. The highest BCUT2D eigenvalue weighted by molar-refractivity contribution is 8.00. The minimum atomic E-state index is -0.649. The maximum atomic E-state index is 13.6. The summed E-state index contributed by atoms with van der Waals surface area (Å²) in [5.41, 5.74) is 2.36. The maximum absolute atomic E-state index is 13.6. The van der Waals surface area contributed by atoms with Gasteiger partial charge in [-0.15, -0.1) is 11.8 Å². The molecule has 4 aromatic carbocycles. The largest absolute Gasteiger partial charge is 0.493 e. The zero-order valence-corrected chi connectivity index (χ0v) is 23.0. The van der Waals surface area contributed by atoms with Crippen LogP contribution in [0.5, 0.6) is 11.5 Å². The first-order valence-corrected chi connectivity index (χ1v) is 13.1. The molecule has 40 heavy (non-hydrogen) atoms. The highest BCUT2D eigenvalue weighted by atomic mass is 32.2. The van der Waals surface area contributed by atoms with Gasteiger partial charge in [-0.25, -0.2) is 4.79 Å². The number of methoxy groups -OCH3 is 3. The summed E-state index contributed by atoms with van der Waals surface area (Å²) >= 11 is 1.32. The molecule has 0 aromatic heterocycles. The fourth-order valence-corrected chi connectivity index (χ4v) is 5.03. The van der Waals surface area contributed by atoms with E-state index in [0.717, 1.165) is 10.5 Å². The fraction of sp³-hybridized carbons (Fsp3) is 0.129. The van der Waals surface area contributed by atoms with Crippen molar-refractivity contribution in [3.8, 4) is 11.5 Å². The number of carbonyl (C=O) groups excluding carboxylic acids is 3. The lowest BCUT2D eigenvalue weighted by atomic mass is 10.1. The topological polar surface area (TPSA) is 103 Å². The number of rotatable bonds is 10. The molecule has 2 amide bonds. The first-order chi connectivity index (χ1) is 19.4. The average molecular weight is 557 g/mol. The van der Waals surface area contributed by atoms with Crippen molar-refractivity contribution in [1.29, 1.82) is 0 Å². The molecule has 1 atom stereocenters. The summed E-state index contributed by atoms with van der Waals surface area (Å²) in [6.07, 6.45) is 0. The van der Waals surface area contributed by atoms with Gasteiger partial charge in [0, 0.05) is 16.1 Å². The second-order valence-corrected chi connectivity index (χ2v) is 9.67. The van der Waals surface area contributed by atoms with E-state index >= 15 is 0 Å². The van der Waals surface area contributed by atoms with Gasteiger partial charge in [-0.1, -0.05) is 48.5 Å². The van der Waals surface area contributed by atoms with Crippen LogP contribution in [0.3, 0.4) is 0 Å². The van der Waals surface area contributed by atoms with Gasteiger partial charge in [0.25, 0.3) is 5.91 Å². The van der Waals surface area contributed by atoms with Gasteiger partial charge in [0.05, 0.1) is 32.6 Å². The molecule has 4 aromatic rings. The molecule has 0 aliphatic carbocycles. The van der Waals surface area contributed by atoms with Crippen LogP contribution in [0.4, 0.5) is 11.4 Å². The van der Waals surface area contributed by atoms with Crippen LogP contribution >= 0.6 is 11.8 Å². The van der Waals surface area contributed by atoms with Crippen LogP contribution in [0, 0.1) is 0 Å². The molecule has 0 heterocycles. The number of carbonyl (C=O) groups is 3. The van der Waals surface area contributed by atoms with Gasteiger partial charge < -0.3 is 24.8 Å². The number of ether oxygens (including phenoxy) is 3. The van der Waals surface area contributed by atoms with Crippen molar-refractivity contribution in [2.45, 2.75) is 10.1 Å². The van der Waals surface area contributed by atoms with Gasteiger partial charge in [-0.2, -0.15) is 0 Å². The van der Waals surface area contributed by atoms with Crippen LogP contribution < -0.4 is 20.1 Å². The number of benzene rings is 4. The minimum Gasteiger partial charge on any atom is -0.493 e. The van der Waals surface area contributed by atoms with E-state index in [9.17, 15) is 14.4 Å². The van der Waals surface area contributed by atoms with Gasteiger partial charge >= 0.3 is 5.97 Å². The Labute approximate surface area is 236 Å². The minimum absolute atomic E-state index is 0.259. The molecule has 0 spiro atoms. The molecule has 8 nitrogen and oxygen atoms in total. The van der Waals surface area contributed by atoms with E-state index in [4.69, 9.17) is 14.2 Å². The van der Waals surface area contributed by atoms with Crippen LogP contribution in [0.25, 0.3) is 0 Å². The van der Waals surface area contributed by atoms with Crippen LogP contribution in [0.15, 0.2) is 102 Å². The average Bonchev–Trinajstić information content (AvgIpc) is 2.99. The Morgan fingerprint density at radius 3 is 2.17 bits per heavy atom. The molecular formula is C31H28N2O6S. The summed E-state index contributed by atoms with van der Waals surface area (Å²) in [6.45, 7) is 0. The van der Waals surface area contributed by atoms with Gasteiger partial charge in [0.15, 0.2) is 11.5 Å². The van der Waals surface area contributed by atoms with E-state index in [1.54, 1.807) is 60.7 Å². The predicted molar refractivity (Wildman–Crippen MR) is 155 cm³/mol. The Morgan fingerprint density at radius 2 is 1.45 bits per heavy atom. The number of amides is 2. The van der Waals surface area contributed by atoms with Crippen LogP contribution in [0.1, 0.15) is 31.5 Å². The second-order valence-electron chi connectivity index (χ2n) is 8.49. The van der Waals surface area contributed by atoms with Gasteiger partial charge in [0.2, 0.25) is 5.91 Å². The Balaban J connectivity index is 1.56. The van der Waals surface area contributed by atoms with Crippen molar-refractivity contribution in [1.82, 2.24) is 0 Å². The molecular weight excluding hydrogens is 528 g/mol. The smallest absolute Gasteiger partial charge is 0.339 e. The highest BCUT2D eigenvalue weighted by Gasteiger charge is 2.24. The quantitative estimate of drug-likeness (QED) is 0.177. The SMILES string of the molecule is COC(=O)c1ccccc1NC(=O)C(Sc1cccc(NC(=O)c2ccc(OC)c(OC)c2)c1)c1ccccc1. The number of anilines is 2. The molecule has 0 aliphatic rings. The molecule has 0 fully saturated rings. The summed E-state index contributed by atoms with van der Waals surface area (Å²) in [5, 5.41) is 5.13. The number of para-hydroxylation sites is 1. The number of thioether (sulfide) groups is 1. The zero-order chi connectivity index (χ0) is 28.5. The standard InChI is InChI=1S/C31H28N2O6S/c1-37-26-17-16-21(18-27(26)38-2)29(34)32-22-12-9-13-23(19-22)40-28(20-10-5-4-6-11-20)30(35)33-25-15-8-7-14-24(25)31(36)39-3/h4-19,28H,1-3H3,(H,32,34)(H,33,35). The lowest BCUT2D eigenvalue weighted by Crippen LogP contribution is -2.21. The van der Waals surface area contributed by atoms with Crippen LogP contribution in [0.2, 0.25) is 0 Å². The summed E-state index contributed by atoms with van der Waals surface area (Å²) in [7, 11) is 4.33. The summed E-state index contributed by atoms with van der Waals surface area (Å²) in [4.78, 5) is 39.5. The molecule has 2 N–H and O–H groups in total.